The van der Waals surface area contributed by atoms with Crippen molar-refractivity contribution < 1.29 is 19.2 Å². The van der Waals surface area contributed by atoms with Crippen LogP contribution in [0, 0.1) is 5.41 Å². The molecule has 1 aliphatic carbocycles. The van der Waals surface area contributed by atoms with E-state index in [0.29, 0.717) is 49.2 Å². The van der Waals surface area contributed by atoms with Crippen LogP contribution in [0.3, 0.4) is 0 Å². The fourth-order valence-corrected chi connectivity index (χ4v) is 4.02. The predicted octanol–water partition coefficient (Wildman–Crippen LogP) is 2.63. The third-order valence-corrected chi connectivity index (χ3v) is 5.41. The van der Waals surface area contributed by atoms with E-state index in [9.17, 15) is 14.7 Å². The number of aliphatic hydroxyl groups is 1. The van der Waals surface area contributed by atoms with Crippen molar-refractivity contribution in [2.75, 3.05) is 13.1 Å². The maximum Gasteiger partial charge on any atom is 0.253 e. The van der Waals surface area contributed by atoms with Gasteiger partial charge in [-0.1, -0.05) is 31.1 Å². The normalized spacial score (nSPS) is 21.4. The van der Waals surface area contributed by atoms with Crippen LogP contribution in [0.15, 0.2) is 28.8 Å². The molecule has 1 amide bonds. The summed E-state index contributed by atoms with van der Waals surface area (Å²) in [5, 5.41) is 13.7. The molecule has 4 rings (SSSR count). The van der Waals surface area contributed by atoms with Crippen LogP contribution in [0.2, 0.25) is 0 Å². The van der Waals surface area contributed by atoms with E-state index in [1.165, 1.54) is 0 Å². The number of likely N-dealkylation sites (tertiary alicyclic amines) is 1. The zero-order valence-electron chi connectivity index (χ0n) is 15.7. The Morgan fingerprint density at radius 2 is 2.04 bits per heavy atom. The molecular weight excluding hydrogens is 344 g/mol. The second kappa shape index (κ2) is 6.60. The van der Waals surface area contributed by atoms with Gasteiger partial charge in [0.25, 0.3) is 5.91 Å². The largest absolute Gasteiger partial charge is 0.391 e. The highest BCUT2D eigenvalue weighted by Crippen LogP contribution is 2.36. The summed E-state index contributed by atoms with van der Waals surface area (Å²) in [6.45, 7) is 5.11. The van der Waals surface area contributed by atoms with Crippen LogP contribution in [-0.2, 0) is 12.8 Å². The van der Waals surface area contributed by atoms with Crippen molar-refractivity contribution in [1.82, 2.24) is 10.1 Å². The van der Waals surface area contributed by atoms with E-state index in [-0.39, 0.29) is 17.1 Å². The number of hydrogen-bond acceptors (Lipinski definition) is 5. The van der Waals surface area contributed by atoms with E-state index >= 15 is 0 Å². The van der Waals surface area contributed by atoms with Crippen molar-refractivity contribution in [1.29, 1.82) is 0 Å². The molecule has 1 aromatic heterocycles. The molecule has 6 heteroatoms. The second-order valence-corrected chi connectivity index (χ2v) is 8.44. The zero-order chi connectivity index (χ0) is 19.2. The average molecular weight is 368 g/mol. The number of hydrogen-bond donors (Lipinski definition) is 1. The van der Waals surface area contributed by atoms with Crippen molar-refractivity contribution in [2.24, 2.45) is 5.41 Å². The van der Waals surface area contributed by atoms with Crippen molar-refractivity contribution in [3.05, 3.63) is 52.4 Å². The molecular formula is C21H24N2O4. The number of ketones is 1. The van der Waals surface area contributed by atoms with Gasteiger partial charge in [0.2, 0.25) is 0 Å². The fourth-order valence-electron chi connectivity index (χ4n) is 4.02. The van der Waals surface area contributed by atoms with E-state index in [2.05, 4.69) is 19.0 Å². The first-order valence-corrected chi connectivity index (χ1v) is 9.39. The third kappa shape index (κ3) is 3.54. The van der Waals surface area contributed by atoms with Gasteiger partial charge in [0.15, 0.2) is 11.5 Å². The molecule has 27 heavy (non-hydrogen) atoms. The van der Waals surface area contributed by atoms with Crippen LogP contribution in [0.1, 0.15) is 64.4 Å². The standard InChI is InChI=1S/C21H24N2O4/c1-21(2)10-16-19(17(25)11-21)18(27-22-16)9-13-3-5-14(6-4-13)20(26)23-8-7-15(24)12-23/h3-6,15,24H,7-12H2,1-2H3/t15-/m1/s1. The molecule has 1 N–H and O–H groups in total. The van der Waals surface area contributed by atoms with E-state index in [0.717, 1.165) is 17.7 Å². The first-order valence-electron chi connectivity index (χ1n) is 9.39. The third-order valence-electron chi connectivity index (χ3n) is 5.41. The highest BCUT2D eigenvalue weighted by Gasteiger charge is 2.36. The molecule has 1 saturated heterocycles. The SMILES string of the molecule is CC1(C)CC(=O)c2c(noc2Cc2ccc(C(=O)N3CC[C@@H](O)C3)cc2)C1. The molecule has 0 spiro atoms. The summed E-state index contributed by atoms with van der Waals surface area (Å²) in [6.07, 6.45) is 1.93. The Hall–Kier alpha value is -2.47. The summed E-state index contributed by atoms with van der Waals surface area (Å²) in [5.41, 5.74) is 2.88. The van der Waals surface area contributed by atoms with Gasteiger partial charge in [0.1, 0.15) is 0 Å². The summed E-state index contributed by atoms with van der Waals surface area (Å²) in [7, 11) is 0. The average Bonchev–Trinajstić information content (AvgIpc) is 3.20. The Morgan fingerprint density at radius 1 is 1.30 bits per heavy atom. The van der Waals surface area contributed by atoms with Crippen LogP contribution < -0.4 is 0 Å². The van der Waals surface area contributed by atoms with Crippen LogP contribution in [0.4, 0.5) is 0 Å². The summed E-state index contributed by atoms with van der Waals surface area (Å²) < 4.78 is 5.48. The Morgan fingerprint density at radius 3 is 2.70 bits per heavy atom. The molecule has 6 nitrogen and oxygen atoms in total. The molecule has 0 radical (unpaired) electrons. The zero-order valence-corrected chi connectivity index (χ0v) is 15.7. The number of fused-ring (bicyclic) bond motifs is 1. The van der Waals surface area contributed by atoms with Crippen molar-refractivity contribution >= 4 is 11.7 Å². The molecule has 1 aliphatic heterocycles. The minimum Gasteiger partial charge on any atom is -0.391 e. The van der Waals surface area contributed by atoms with Gasteiger partial charge in [0, 0.05) is 31.5 Å². The van der Waals surface area contributed by atoms with E-state index < -0.39 is 6.10 Å². The van der Waals surface area contributed by atoms with E-state index in [1.807, 2.05) is 12.1 Å². The summed E-state index contributed by atoms with van der Waals surface area (Å²) >= 11 is 0. The Labute approximate surface area is 158 Å². The number of carbonyl (C=O) groups excluding carboxylic acids is 2. The molecule has 1 aromatic carbocycles. The number of aliphatic hydroxyl groups excluding tert-OH is 1. The summed E-state index contributed by atoms with van der Waals surface area (Å²) in [4.78, 5) is 26.7. The fraction of sp³-hybridized carbons (Fsp3) is 0.476. The molecule has 0 saturated carbocycles. The number of Topliss-reactive ketones (excluding diaryl/α,β-unsaturated/α-hetero) is 1. The highest BCUT2D eigenvalue weighted by molar-refractivity contribution is 5.99. The maximum atomic E-state index is 12.5. The molecule has 0 unspecified atom stereocenters. The number of nitrogens with zero attached hydrogens (tertiary/aromatic N) is 2. The van der Waals surface area contributed by atoms with Gasteiger partial charge in [-0.2, -0.15) is 0 Å². The molecule has 2 aliphatic rings. The van der Waals surface area contributed by atoms with Gasteiger partial charge in [-0.3, -0.25) is 9.59 Å². The van der Waals surface area contributed by atoms with Gasteiger partial charge >= 0.3 is 0 Å². The predicted molar refractivity (Wildman–Crippen MR) is 98.7 cm³/mol. The van der Waals surface area contributed by atoms with Gasteiger partial charge in [-0.05, 0) is 36.0 Å². The lowest BCUT2D eigenvalue weighted by Crippen LogP contribution is -2.29. The maximum absolute atomic E-state index is 12.5. The van der Waals surface area contributed by atoms with Crippen LogP contribution in [0.5, 0.6) is 0 Å². The molecule has 2 heterocycles. The van der Waals surface area contributed by atoms with Crippen molar-refractivity contribution in [3.8, 4) is 0 Å². The molecule has 1 atom stereocenters. The van der Waals surface area contributed by atoms with Crippen LogP contribution >= 0.6 is 0 Å². The quantitative estimate of drug-likeness (QED) is 0.900. The monoisotopic (exact) mass is 368 g/mol. The van der Waals surface area contributed by atoms with Crippen LogP contribution in [-0.4, -0.2) is 46.0 Å². The Bertz CT molecular complexity index is 882. The Kier molecular flexibility index (Phi) is 4.38. The summed E-state index contributed by atoms with van der Waals surface area (Å²) in [5.74, 6) is 0.636. The number of benzene rings is 1. The van der Waals surface area contributed by atoms with Crippen molar-refractivity contribution in [3.63, 3.8) is 0 Å². The minimum absolute atomic E-state index is 0.0625. The number of β-amino-alcohol motifs (C(OH)–C–C–N with tert-alkyl or cyclic N) is 1. The second-order valence-electron chi connectivity index (χ2n) is 8.44. The number of aromatic nitrogens is 1. The molecule has 142 valence electrons. The minimum atomic E-state index is -0.423. The van der Waals surface area contributed by atoms with E-state index in [1.54, 1.807) is 17.0 Å². The molecule has 0 bridgehead atoms. The lowest BCUT2D eigenvalue weighted by atomic mass is 9.75. The lowest BCUT2D eigenvalue weighted by molar-refractivity contribution is 0.0764. The Balaban J connectivity index is 1.49. The highest BCUT2D eigenvalue weighted by atomic mass is 16.5. The first kappa shape index (κ1) is 17.9. The van der Waals surface area contributed by atoms with Gasteiger partial charge < -0.3 is 14.5 Å². The first-order chi connectivity index (χ1) is 12.8. The number of carbonyl (C=O) groups is 2. The lowest BCUT2D eigenvalue weighted by Gasteiger charge is -2.26. The smallest absolute Gasteiger partial charge is 0.253 e. The van der Waals surface area contributed by atoms with Gasteiger partial charge in [0.05, 0.1) is 17.4 Å². The number of amides is 1. The van der Waals surface area contributed by atoms with Gasteiger partial charge in [-0.25, -0.2) is 0 Å². The summed E-state index contributed by atoms with van der Waals surface area (Å²) in [6, 6.07) is 7.34. The van der Waals surface area contributed by atoms with Gasteiger partial charge in [-0.15, -0.1) is 0 Å². The van der Waals surface area contributed by atoms with E-state index in [4.69, 9.17) is 4.52 Å². The number of rotatable bonds is 3. The van der Waals surface area contributed by atoms with Crippen LogP contribution in [0.25, 0.3) is 0 Å². The molecule has 1 fully saturated rings. The topological polar surface area (TPSA) is 83.6 Å². The molecule has 2 aromatic rings. The van der Waals surface area contributed by atoms with Crippen molar-refractivity contribution in [2.45, 2.75) is 45.6 Å².